The highest BCUT2D eigenvalue weighted by molar-refractivity contribution is 5.02. The second-order valence-corrected chi connectivity index (χ2v) is 6.92. The molecule has 0 rings (SSSR count). The molecule has 1 atom stereocenters. The molecule has 0 saturated heterocycles. The Morgan fingerprint density at radius 2 is 1.65 bits per heavy atom. The molecule has 0 N–H and O–H groups in total. The smallest absolute Gasteiger partial charge is 0.0281 e. The fourth-order valence-electron chi connectivity index (χ4n) is 3.50. The number of hydrogen-bond acceptors (Lipinski definition) is 1. The van der Waals surface area contributed by atoms with E-state index in [0.717, 1.165) is 18.8 Å². The molecule has 1 nitrogen and oxygen atoms in total. The molecular formula is C22H43N. The van der Waals surface area contributed by atoms with Gasteiger partial charge in [0, 0.05) is 18.8 Å². The molecule has 0 unspecified atom stereocenters. The highest BCUT2D eigenvalue weighted by Gasteiger charge is 2.14. The fraction of sp³-hybridized carbons (Fsp3) is 0.818. The first-order valence-electron chi connectivity index (χ1n) is 10.2. The number of allylic oxidation sites excluding steroid dienone is 3. The van der Waals surface area contributed by atoms with E-state index in [4.69, 9.17) is 0 Å². The van der Waals surface area contributed by atoms with Crippen LogP contribution in [0.5, 0.6) is 0 Å². The van der Waals surface area contributed by atoms with Crippen molar-refractivity contribution in [3.63, 3.8) is 0 Å². The Morgan fingerprint density at radius 1 is 0.957 bits per heavy atom. The third-order valence-corrected chi connectivity index (χ3v) is 5.31. The second kappa shape index (κ2) is 14.8. The Bertz CT molecular complexity index is 301. The molecule has 0 heterocycles. The zero-order valence-electron chi connectivity index (χ0n) is 16.7. The van der Waals surface area contributed by atoms with Gasteiger partial charge >= 0.3 is 0 Å². The van der Waals surface area contributed by atoms with Gasteiger partial charge in [-0.05, 0) is 50.9 Å². The minimum atomic E-state index is 0.687. The van der Waals surface area contributed by atoms with Gasteiger partial charge in [0.05, 0.1) is 0 Å². The molecule has 0 aromatic heterocycles. The zero-order valence-corrected chi connectivity index (χ0v) is 16.7. The van der Waals surface area contributed by atoms with Crippen LogP contribution in [-0.2, 0) is 0 Å². The summed E-state index contributed by atoms with van der Waals surface area (Å²) in [6, 6.07) is 0.687. The lowest BCUT2D eigenvalue weighted by atomic mass is 9.95. The summed E-state index contributed by atoms with van der Waals surface area (Å²) in [5.41, 5.74) is 1.57. The maximum atomic E-state index is 3.85. The summed E-state index contributed by atoms with van der Waals surface area (Å²) in [5.74, 6) is 0.939. The quantitative estimate of drug-likeness (QED) is 0.225. The van der Waals surface area contributed by atoms with E-state index in [0.29, 0.717) is 6.04 Å². The van der Waals surface area contributed by atoms with E-state index in [1.165, 1.54) is 57.8 Å². The van der Waals surface area contributed by atoms with Gasteiger partial charge in [-0.15, -0.1) is 6.58 Å². The molecule has 0 aliphatic heterocycles. The molecule has 0 bridgehead atoms. The Kier molecular flexibility index (Phi) is 14.4. The lowest BCUT2D eigenvalue weighted by molar-refractivity contribution is 0.264. The molecule has 0 saturated carbocycles. The largest absolute Gasteiger partial charge is 0.375 e. The standard InChI is InChI=1S/C22H43N/c1-7-12-13-18-21(11-5)23(6)22(16-8-2)19-15-14-17-20(9-3)10-4/h7,16,20-21H,1,8-15,17-19H2,2-6H3/b22-16+/t21-/m1/s1. The molecule has 0 aliphatic carbocycles. The lowest BCUT2D eigenvalue weighted by Gasteiger charge is -2.32. The summed E-state index contributed by atoms with van der Waals surface area (Å²) < 4.78 is 0. The molecule has 0 aliphatic rings. The Labute approximate surface area is 147 Å². The number of hydrogen-bond donors (Lipinski definition) is 0. The van der Waals surface area contributed by atoms with Crippen molar-refractivity contribution in [2.24, 2.45) is 5.92 Å². The van der Waals surface area contributed by atoms with E-state index < -0.39 is 0 Å². The van der Waals surface area contributed by atoms with Crippen molar-refractivity contribution in [3.05, 3.63) is 24.4 Å². The third kappa shape index (κ3) is 9.89. The van der Waals surface area contributed by atoms with Crippen molar-refractivity contribution in [2.75, 3.05) is 7.05 Å². The van der Waals surface area contributed by atoms with E-state index in [-0.39, 0.29) is 0 Å². The summed E-state index contributed by atoms with van der Waals surface area (Å²) in [6.07, 6.45) is 18.7. The van der Waals surface area contributed by atoms with Gasteiger partial charge in [0.25, 0.3) is 0 Å². The van der Waals surface area contributed by atoms with Gasteiger partial charge in [-0.1, -0.05) is 65.5 Å². The first-order chi connectivity index (χ1) is 11.1. The molecule has 136 valence electrons. The van der Waals surface area contributed by atoms with Crippen molar-refractivity contribution in [1.82, 2.24) is 4.90 Å². The molecule has 0 spiro atoms. The van der Waals surface area contributed by atoms with Crippen LogP contribution < -0.4 is 0 Å². The van der Waals surface area contributed by atoms with E-state index >= 15 is 0 Å². The normalized spacial score (nSPS) is 13.4. The maximum absolute atomic E-state index is 3.85. The third-order valence-electron chi connectivity index (χ3n) is 5.31. The predicted octanol–water partition coefficient (Wildman–Crippen LogP) is 7.34. The lowest BCUT2D eigenvalue weighted by Crippen LogP contribution is -2.30. The Morgan fingerprint density at radius 3 is 2.17 bits per heavy atom. The molecule has 1 heteroatoms. The Hall–Kier alpha value is -0.720. The van der Waals surface area contributed by atoms with Crippen molar-refractivity contribution in [1.29, 1.82) is 0 Å². The van der Waals surface area contributed by atoms with Gasteiger partial charge in [-0.25, -0.2) is 0 Å². The van der Waals surface area contributed by atoms with Gasteiger partial charge in [0.1, 0.15) is 0 Å². The van der Waals surface area contributed by atoms with Crippen LogP contribution in [0.4, 0.5) is 0 Å². The topological polar surface area (TPSA) is 3.24 Å². The van der Waals surface area contributed by atoms with Crippen LogP contribution in [0.15, 0.2) is 24.4 Å². The van der Waals surface area contributed by atoms with E-state index in [1.807, 2.05) is 6.08 Å². The summed E-state index contributed by atoms with van der Waals surface area (Å²) in [7, 11) is 2.31. The summed E-state index contributed by atoms with van der Waals surface area (Å²) in [4.78, 5) is 2.57. The van der Waals surface area contributed by atoms with E-state index in [2.05, 4.69) is 52.3 Å². The van der Waals surface area contributed by atoms with Gasteiger partial charge in [-0.3, -0.25) is 0 Å². The van der Waals surface area contributed by atoms with Crippen molar-refractivity contribution in [3.8, 4) is 0 Å². The van der Waals surface area contributed by atoms with E-state index in [1.54, 1.807) is 5.70 Å². The van der Waals surface area contributed by atoms with Gasteiger partial charge in [-0.2, -0.15) is 0 Å². The van der Waals surface area contributed by atoms with Gasteiger partial charge < -0.3 is 4.90 Å². The van der Waals surface area contributed by atoms with Crippen LogP contribution in [0, 0.1) is 5.92 Å². The number of nitrogens with zero attached hydrogens (tertiary/aromatic N) is 1. The van der Waals surface area contributed by atoms with Gasteiger partial charge in [0.2, 0.25) is 0 Å². The second-order valence-electron chi connectivity index (χ2n) is 6.92. The van der Waals surface area contributed by atoms with Crippen LogP contribution in [0.3, 0.4) is 0 Å². The molecule has 0 amide bonds. The monoisotopic (exact) mass is 321 g/mol. The van der Waals surface area contributed by atoms with Crippen LogP contribution in [0.25, 0.3) is 0 Å². The average Bonchev–Trinajstić information content (AvgIpc) is 2.57. The minimum Gasteiger partial charge on any atom is -0.375 e. The van der Waals surface area contributed by atoms with Crippen LogP contribution >= 0.6 is 0 Å². The Balaban J connectivity index is 4.40. The molecule has 23 heavy (non-hydrogen) atoms. The molecular weight excluding hydrogens is 278 g/mol. The highest BCUT2D eigenvalue weighted by atomic mass is 15.1. The van der Waals surface area contributed by atoms with Crippen LogP contribution in [-0.4, -0.2) is 18.0 Å². The maximum Gasteiger partial charge on any atom is 0.0281 e. The highest BCUT2D eigenvalue weighted by Crippen LogP contribution is 2.23. The van der Waals surface area contributed by atoms with Gasteiger partial charge in [0.15, 0.2) is 0 Å². The summed E-state index contributed by atoms with van der Waals surface area (Å²) in [6.45, 7) is 13.1. The number of unbranched alkanes of at least 4 members (excludes halogenated alkanes) is 2. The SMILES string of the molecule is C=CCCC[C@@H](CC)N(C)/C(=C/CC)CCCCC(CC)CC. The van der Waals surface area contributed by atoms with Crippen LogP contribution in [0.1, 0.15) is 98.3 Å². The zero-order chi connectivity index (χ0) is 17.5. The van der Waals surface area contributed by atoms with Crippen LogP contribution in [0.2, 0.25) is 0 Å². The van der Waals surface area contributed by atoms with Crippen molar-refractivity contribution in [2.45, 2.75) is 104 Å². The summed E-state index contributed by atoms with van der Waals surface area (Å²) in [5, 5.41) is 0. The van der Waals surface area contributed by atoms with E-state index in [9.17, 15) is 0 Å². The fourth-order valence-corrected chi connectivity index (χ4v) is 3.50. The molecule has 0 fully saturated rings. The molecule has 0 radical (unpaired) electrons. The minimum absolute atomic E-state index is 0.687. The number of rotatable bonds is 15. The van der Waals surface area contributed by atoms with Crippen molar-refractivity contribution >= 4 is 0 Å². The van der Waals surface area contributed by atoms with Crippen molar-refractivity contribution < 1.29 is 0 Å². The predicted molar refractivity (Wildman–Crippen MR) is 107 cm³/mol. The molecule has 0 aromatic rings. The summed E-state index contributed by atoms with van der Waals surface area (Å²) >= 11 is 0. The molecule has 0 aromatic carbocycles. The first kappa shape index (κ1) is 22.3. The first-order valence-corrected chi connectivity index (χ1v) is 10.2. The average molecular weight is 322 g/mol.